The fourth-order valence-corrected chi connectivity index (χ4v) is 3.25. The van der Waals surface area contributed by atoms with E-state index in [1.54, 1.807) is 12.4 Å². The fraction of sp³-hybridized carbons (Fsp3) is 0.118. The lowest BCUT2D eigenvalue weighted by Crippen LogP contribution is -1.97. The Kier molecular flexibility index (Phi) is 3.70. The van der Waals surface area contributed by atoms with Crippen molar-refractivity contribution in [3.8, 4) is 11.4 Å². The normalized spacial score (nSPS) is 11.1. The SMILES string of the molecule is Cc1nnc(Sc2nc(-c3cccnc3)nc3ccccc23)n1C. The van der Waals surface area contributed by atoms with Gasteiger partial charge in [-0.2, -0.15) is 0 Å². The zero-order valence-corrected chi connectivity index (χ0v) is 14.0. The van der Waals surface area contributed by atoms with Crippen LogP contribution in [0, 0.1) is 6.92 Å². The molecule has 0 atom stereocenters. The Balaban J connectivity index is 1.88. The average Bonchev–Trinajstić information content (AvgIpc) is 2.94. The van der Waals surface area contributed by atoms with E-state index in [4.69, 9.17) is 4.98 Å². The first-order chi connectivity index (χ1) is 11.7. The van der Waals surface area contributed by atoms with E-state index < -0.39 is 0 Å². The van der Waals surface area contributed by atoms with Gasteiger partial charge in [0.1, 0.15) is 10.9 Å². The smallest absolute Gasteiger partial charge is 0.197 e. The number of aryl methyl sites for hydroxylation is 1. The van der Waals surface area contributed by atoms with Crippen LogP contribution in [-0.4, -0.2) is 29.7 Å². The lowest BCUT2D eigenvalue weighted by molar-refractivity contribution is 0.765. The van der Waals surface area contributed by atoms with E-state index >= 15 is 0 Å². The molecule has 4 aromatic rings. The number of pyridine rings is 1. The van der Waals surface area contributed by atoms with Crippen molar-refractivity contribution in [3.05, 3.63) is 54.6 Å². The Bertz CT molecular complexity index is 1010. The molecule has 0 amide bonds. The molecule has 0 spiro atoms. The summed E-state index contributed by atoms with van der Waals surface area (Å²) in [4.78, 5) is 13.6. The Morgan fingerprint density at radius 3 is 2.62 bits per heavy atom. The minimum atomic E-state index is 0.656. The second kappa shape index (κ2) is 6.01. The van der Waals surface area contributed by atoms with Crippen molar-refractivity contribution in [2.45, 2.75) is 17.1 Å². The molecule has 0 radical (unpaired) electrons. The first-order valence-electron chi connectivity index (χ1n) is 7.43. The maximum absolute atomic E-state index is 4.75. The van der Waals surface area contributed by atoms with Gasteiger partial charge in [-0.15, -0.1) is 10.2 Å². The largest absolute Gasteiger partial charge is 0.309 e. The van der Waals surface area contributed by atoms with Gasteiger partial charge in [0, 0.05) is 30.4 Å². The molecule has 1 aromatic carbocycles. The Morgan fingerprint density at radius 2 is 1.88 bits per heavy atom. The molecule has 0 saturated carbocycles. The predicted molar refractivity (Wildman–Crippen MR) is 92.6 cm³/mol. The summed E-state index contributed by atoms with van der Waals surface area (Å²) in [6, 6.07) is 11.8. The zero-order chi connectivity index (χ0) is 16.5. The van der Waals surface area contributed by atoms with Crippen molar-refractivity contribution < 1.29 is 0 Å². The standard InChI is InChI=1S/C17H14N6S/c1-11-21-22-17(23(11)2)24-16-13-7-3-4-8-14(13)19-15(20-16)12-6-5-9-18-10-12/h3-10H,1-2H3. The summed E-state index contributed by atoms with van der Waals surface area (Å²) < 4.78 is 1.95. The van der Waals surface area contributed by atoms with Crippen LogP contribution in [0.15, 0.2) is 59.0 Å². The molecule has 6 nitrogen and oxygen atoms in total. The van der Waals surface area contributed by atoms with E-state index in [0.29, 0.717) is 5.82 Å². The summed E-state index contributed by atoms with van der Waals surface area (Å²) in [7, 11) is 1.95. The molecule has 0 unspecified atom stereocenters. The van der Waals surface area contributed by atoms with Crippen molar-refractivity contribution in [3.63, 3.8) is 0 Å². The highest BCUT2D eigenvalue weighted by Crippen LogP contribution is 2.32. The van der Waals surface area contributed by atoms with Gasteiger partial charge in [0.25, 0.3) is 0 Å². The Labute approximate surface area is 143 Å². The molecule has 0 bridgehead atoms. The quantitative estimate of drug-likeness (QED) is 0.536. The summed E-state index contributed by atoms with van der Waals surface area (Å²) in [5, 5.41) is 11.0. The van der Waals surface area contributed by atoms with Crippen LogP contribution < -0.4 is 0 Å². The maximum Gasteiger partial charge on any atom is 0.197 e. The predicted octanol–water partition coefficient (Wildman–Crippen LogP) is 3.28. The van der Waals surface area contributed by atoms with Gasteiger partial charge in [0.05, 0.1) is 5.52 Å². The van der Waals surface area contributed by atoms with E-state index in [2.05, 4.69) is 20.2 Å². The Hall–Kier alpha value is -2.80. The number of nitrogens with zero attached hydrogens (tertiary/aromatic N) is 6. The van der Waals surface area contributed by atoms with Gasteiger partial charge in [-0.05, 0) is 36.9 Å². The average molecular weight is 334 g/mol. The third kappa shape index (κ3) is 2.63. The number of hydrogen-bond acceptors (Lipinski definition) is 6. The van der Waals surface area contributed by atoms with E-state index in [9.17, 15) is 0 Å². The summed E-state index contributed by atoms with van der Waals surface area (Å²) in [5.74, 6) is 1.52. The first-order valence-corrected chi connectivity index (χ1v) is 8.25. The molecule has 7 heteroatoms. The van der Waals surface area contributed by atoms with Crippen LogP contribution in [0.3, 0.4) is 0 Å². The number of rotatable bonds is 3. The van der Waals surface area contributed by atoms with Crippen LogP contribution in [0.1, 0.15) is 5.82 Å². The third-order valence-electron chi connectivity index (χ3n) is 3.73. The number of fused-ring (bicyclic) bond motifs is 1. The molecule has 3 aromatic heterocycles. The number of hydrogen-bond donors (Lipinski definition) is 0. The van der Waals surface area contributed by atoms with Crippen LogP contribution >= 0.6 is 11.8 Å². The summed E-state index contributed by atoms with van der Waals surface area (Å²) >= 11 is 1.49. The molecule has 3 heterocycles. The molecule has 0 N–H and O–H groups in total. The van der Waals surface area contributed by atoms with E-state index in [1.165, 1.54) is 11.8 Å². The van der Waals surface area contributed by atoms with E-state index in [0.717, 1.165) is 32.5 Å². The molecule has 0 saturated heterocycles. The molecule has 0 aliphatic rings. The highest BCUT2D eigenvalue weighted by molar-refractivity contribution is 7.99. The van der Waals surface area contributed by atoms with Crippen molar-refractivity contribution >= 4 is 22.7 Å². The summed E-state index contributed by atoms with van der Waals surface area (Å²) in [5.41, 5.74) is 1.78. The maximum atomic E-state index is 4.75. The number of benzene rings is 1. The zero-order valence-electron chi connectivity index (χ0n) is 13.2. The third-order valence-corrected chi connectivity index (χ3v) is 4.77. The lowest BCUT2D eigenvalue weighted by Gasteiger charge is -2.08. The molecule has 0 aliphatic heterocycles. The van der Waals surface area contributed by atoms with Crippen molar-refractivity contribution in [2.24, 2.45) is 7.05 Å². The topological polar surface area (TPSA) is 69.4 Å². The summed E-state index contributed by atoms with van der Waals surface area (Å²) in [6.45, 7) is 1.93. The Morgan fingerprint density at radius 1 is 1.00 bits per heavy atom. The first kappa shape index (κ1) is 14.8. The highest BCUT2D eigenvalue weighted by Gasteiger charge is 2.14. The van der Waals surface area contributed by atoms with Crippen molar-refractivity contribution in [1.82, 2.24) is 29.7 Å². The monoisotopic (exact) mass is 334 g/mol. The number of aromatic nitrogens is 6. The molecular formula is C17H14N6S. The van der Waals surface area contributed by atoms with E-state index in [-0.39, 0.29) is 0 Å². The lowest BCUT2D eigenvalue weighted by atomic mass is 10.2. The molecular weight excluding hydrogens is 320 g/mol. The molecule has 24 heavy (non-hydrogen) atoms. The molecule has 0 fully saturated rings. The minimum Gasteiger partial charge on any atom is -0.309 e. The molecule has 118 valence electrons. The van der Waals surface area contributed by atoms with Crippen molar-refractivity contribution in [1.29, 1.82) is 0 Å². The highest BCUT2D eigenvalue weighted by atomic mass is 32.2. The van der Waals surface area contributed by atoms with Crippen LogP contribution in [0.25, 0.3) is 22.3 Å². The van der Waals surface area contributed by atoms with Gasteiger partial charge in [0.15, 0.2) is 11.0 Å². The van der Waals surface area contributed by atoms with E-state index in [1.807, 2.05) is 54.9 Å². The number of para-hydroxylation sites is 1. The van der Waals surface area contributed by atoms with Crippen LogP contribution in [0.5, 0.6) is 0 Å². The second-order valence-electron chi connectivity index (χ2n) is 5.30. The van der Waals surface area contributed by atoms with Gasteiger partial charge in [-0.1, -0.05) is 18.2 Å². The van der Waals surface area contributed by atoms with Gasteiger partial charge in [0.2, 0.25) is 0 Å². The second-order valence-corrected chi connectivity index (χ2v) is 6.26. The van der Waals surface area contributed by atoms with Gasteiger partial charge < -0.3 is 4.57 Å². The van der Waals surface area contributed by atoms with Crippen LogP contribution in [0.4, 0.5) is 0 Å². The van der Waals surface area contributed by atoms with Gasteiger partial charge >= 0.3 is 0 Å². The summed E-state index contributed by atoms with van der Waals surface area (Å²) in [6.07, 6.45) is 3.51. The molecule has 4 rings (SSSR count). The molecule has 0 aliphatic carbocycles. The van der Waals surface area contributed by atoms with Crippen LogP contribution in [-0.2, 0) is 7.05 Å². The minimum absolute atomic E-state index is 0.656. The fourth-order valence-electron chi connectivity index (χ4n) is 2.31. The van der Waals surface area contributed by atoms with Gasteiger partial charge in [-0.25, -0.2) is 9.97 Å². The van der Waals surface area contributed by atoms with Crippen molar-refractivity contribution in [2.75, 3.05) is 0 Å². The van der Waals surface area contributed by atoms with Gasteiger partial charge in [-0.3, -0.25) is 4.98 Å². The van der Waals surface area contributed by atoms with Crippen LogP contribution in [0.2, 0.25) is 0 Å².